The molecule has 142 valence electrons. The quantitative estimate of drug-likeness (QED) is 0.457. The Morgan fingerprint density at radius 2 is 2.12 bits per heavy atom. The minimum Gasteiger partial charge on any atom is -0.354 e. The van der Waals surface area contributed by atoms with E-state index in [9.17, 15) is 13.2 Å². The van der Waals surface area contributed by atoms with Gasteiger partial charge in [-0.05, 0) is 17.7 Å². The predicted octanol–water partition coefficient (Wildman–Crippen LogP) is 1.78. The van der Waals surface area contributed by atoms with Crippen LogP contribution in [0.1, 0.15) is 5.56 Å². The number of thioether (sulfide) groups is 1. The SMILES string of the molecule is CS(=O)(=O)N(CC(=O)NCCSc1ncn[nH]1)Cc1ccc(Cl)c(Cl)c1. The number of hydrogen-bond donors (Lipinski definition) is 2. The number of nitrogens with one attached hydrogen (secondary N) is 2. The molecule has 2 aromatic rings. The maximum absolute atomic E-state index is 12.1. The number of H-pyrrole nitrogens is 1. The van der Waals surface area contributed by atoms with Gasteiger partial charge in [-0.15, -0.1) is 0 Å². The summed E-state index contributed by atoms with van der Waals surface area (Å²) in [6.07, 6.45) is 2.45. The first-order valence-electron chi connectivity index (χ1n) is 7.39. The number of carbonyl (C=O) groups excluding carboxylic acids is 1. The van der Waals surface area contributed by atoms with Gasteiger partial charge in [0.15, 0.2) is 5.16 Å². The summed E-state index contributed by atoms with van der Waals surface area (Å²) in [5.41, 5.74) is 0.637. The van der Waals surface area contributed by atoms with Crippen LogP contribution in [0.5, 0.6) is 0 Å². The number of carbonyl (C=O) groups is 1. The third kappa shape index (κ3) is 6.76. The predicted molar refractivity (Wildman–Crippen MR) is 102 cm³/mol. The van der Waals surface area contributed by atoms with Crippen molar-refractivity contribution in [2.24, 2.45) is 0 Å². The van der Waals surface area contributed by atoms with Crippen LogP contribution in [-0.4, -0.2) is 58.9 Å². The van der Waals surface area contributed by atoms with Gasteiger partial charge in [-0.3, -0.25) is 9.89 Å². The van der Waals surface area contributed by atoms with E-state index in [0.29, 0.717) is 33.1 Å². The van der Waals surface area contributed by atoms with Gasteiger partial charge in [0.05, 0.1) is 22.8 Å². The van der Waals surface area contributed by atoms with Crippen molar-refractivity contribution < 1.29 is 13.2 Å². The fourth-order valence-electron chi connectivity index (χ4n) is 1.95. The van der Waals surface area contributed by atoms with Crippen LogP contribution in [0.3, 0.4) is 0 Å². The normalized spacial score (nSPS) is 11.7. The van der Waals surface area contributed by atoms with Crippen LogP contribution in [0.4, 0.5) is 0 Å². The van der Waals surface area contributed by atoms with Gasteiger partial charge in [0, 0.05) is 18.8 Å². The highest BCUT2D eigenvalue weighted by atomic mass is 35.5. The molecule has 0 spiro atoms. The smallest absolute Gasteiger partial charge is 0.235 e. The summed E-state index contributed by atoms with van der Waals surface area (Å²) < 4.78 is 25.0. The van der Waals surface area contributed by atoms with E-state index in [1.807, 2.05) is 0 Å². The van der Waals surface area contributed by atoms with Crippen molar-refractivity contribution >= 4 is 50.9 Å². The summed E-state index contributed by atoms with van der Waals surface area (Å²) in [6, 6.07) is 4.83. The monoisotopic (exact) mass is 437 g/mol. The summed E-state index contributed by atoms with van der Waals surface area (Å²) in [5.74, 6) is 0.181. The van der Waals surface area contributed by atoms with Crippen molar-refractivity contribution in [3.63, 3.8) is 0 Å². The second kappa shape index (κ2) is 9.56. The Kier molecular flexibility index (Phi) is 7.71. The second-order valence-corrected chi connectivity index (χ2v) is 9.15. The molecule has 0 saturated heterocycles. The van der Waals surface area contributed by atoms with Gasteiger partial charge in [-0.25, -0.2) is 13.4 Å². The van der Waals surface area contributed by atoms with Gasteiger partial charge in [0.2, 0.25) is 15.9 Å². The molecular weight excluding hydrogens is 421 g/mol. The standard InChI is InChI=1S/C14H17Cl2N5O3S2/c1-26(23,24)21(7-10-2-3-11(15)12(16)6-10)8-13(22)17-4-5-25-14-18-9-19-20-14/h2-3,6,9H,4-5,7-8H2,1H3,(H,17,22)(H,18,19,20). The number of amides is 1. The van der Waals surface area contributed by atoms with Gasteiger partial charge >= 0.3 is 0 Å². The first-order valence-corrected chi connectivity index (χ1v) is 11.0. The number of halogens is 2. The topological polar surface area (TPSA) is 108 Å². The Morgan fingerprint density at radius 1 is 1.35 bits per heavy atom. The van der Waals surface area contributed by atoms with E-state index in [0.717, 1.165) is 10.6 Å². The van der Waals surface area contributed by atoms with Crippen LogP contribution >= 0.6 is 35.0 Å². The van der Waals surface area contributed by atoms with E-state index in [4.69, 9.17) is 23.2 Å². The fourth-order valence-corrected chi connectivity index (χ4v) is 3.64. The summed E-state index contributed by atoms with van der Waals surface area (Å²) in [4.78, 5) is 16.0. The summed E-state index contributed by atoms with van der Waals surface area (Å²) in [7, 11) is -3.58. The van der Waals surface area contributed by atoms with Crippen LogP contribution in [0.15, 0.2) is 29.7 Å². The van der Waals surface area contributed by atoms with Crippen molar-refractivity contribution in [2.75, 3.05) is 25.1 Å². The average Bonchev–Trinajstić information content (AvgIpc) is 3.07. The van der Waals surface area contributed by atoms with E-state index in [-0.39, 0.29) is 13.1 Å². The largest absolute Gasteiger partial charge is 0.354 e. The fraction of sp³-hybridized carbons (Fsp3) is 0.357. The Balaban J connectivity index is 1.88. The molecule has 0 radical (unpaired) electrons. The van der Waals surface area contributed by atoms with Gasteiger partial charge in [-0.2, -0.15) is 9.40 Å². The molecule has 0 aliphatic heterocycles. The first-order chi connectivity index (χ1) is 12.3. The van der Waals surface area contributed by atoms with E-state index < -0.39 is 15.9 Å². The van der Waals surface area contributed by atoms with Crippen LogP contribution in [0.25, 0.3) is 0 Å². The van der Waals surface area contributed by atoms with Crippen molar-refractivity contribution in [1.82, 2.24) is 24.8 Å². The highest BCUT2D eigenvalue weighted by molar-refractivity contribution is 7.99. The number of hydrogen-bond acceptors (Lipinski definition) is 6. The van der Waals surface area contributed by atoms with Gasteiger partial charge in [0.25, 0.3) is 0 Å². The lowest BCUT2D eigenvalue weighted by Gasteiger charge is -2.19. The molecule has 2 N–H and O–H groups in total. The molecule has 0 fully saturated rings. The van der Waals surface area contributed by atoms with Crippen molar-refractivity contribution in [1.29, 1.82) is 0 Å². The Labute approximate surface area is 165 Å². The number of aromatic amines is 1. The molecule has 2 rings (SSSR count). The minimum atomic E-state index is -3.58. The molecule has 8 nitrogen and oxygen atoms in total. The molecule has 26 heavy (non-hydrogen) atoms. The summed E-state index contributed by atoms with van der Waals surface area (Å²) in [6.45, 7) is 0.108. The molecule has 0 bridgehead atoms. The summed E-state index contributed by atoms with van der Waals surface area (Å²) in [5, 5.41) is 10.4. The average molecular weight is 438 g/mol. The molecule has 0 aliphatic rings. The highest BCUT2D eigenvalue weighted by Crippen LogP contribution is 2.23. The Morgan fingerprint density at radius 3 is 2.73 bits per heavy atom. The zero-order valence-corrected chi connectivity index (χ0v) is 16.9. The van der Waals surface area contributed by atoms with Crippen LogP contribution in [0, 0.1) is 0 Å². The molecule has 1 amide bonds. The first kappa shape index (κ1) is 21.0. The highest BCUT2D eigenvalue weighted by Gasteiger charge is 2.20. The molecule has 12 heteroatoms. The number of benzene rings is 1. The molecular formula is C14H17Cl2N5O3S2. The molecule has 0 aliphatic carbocycles. The van der Waals surface area contributed by atoms with Crippen molar-refractivity contribution in [3.8, 4) is 0 Å². The van der Waals surface area contributed by atoms with E-state index in [2.05, 4.69) is 20.5 Å². The lowest BCUT2D eigenvalue weighted by atomic mass is 10.2. The van der Waals surface area contributed by atoms with Gasteiger partial charge < -0.3 is 5.32 Å². The number of aromatic nitrogens is 3. The van der Waals surface area contributed by atoms with Gasteiger partial charge in [-0.1, -0.05) is 41.0 Å². The molecule has 0 unspecified atom stereocenters. The zero-order valence-electron chi connectivity index (χ0n) is 13.8. The lowest BCUT2D eigenvalue weighted by molar-refractivity contribution is -0.121. The van der Waals surface area contributed by atoms with Crippen LogP contribution < -0.4 is 5.32 Å². The molecule has 0 saturated carbocycles. The van der Waals surface area contributed by atoms with Crippen molar-refractivity contribution in [2.45, 2.75) is 11.7 Å². The zero-order chi connectivity index (χ0) is 19.2. The molecule has 0 atom stereocenters. The van der Waals surface area contributed by atoms with Crippen LogP contribution in [0.2, 0.25) is 10.0 Å². The Hall–Kier alpha value is -1.33. The molecule has 1 aromatic heterocycles. The Bertz CT molecular complexity index is 846. The van der Waals surface area contributed by atoms with Crippen LogP contribution in [-0.2, 0) is 21.4 Å². The number of nitrogens with zero attached hydrogens (tertiary/aromatic N) is 3. The number of sulfonamides is 1. The third-order valence-corrected chi connectivity index (χ3v) is 6.00. The van der Waals surface area contributed by atoms with E-state index in [1.165, 1.54) is 18.1 Å². The maximum atomic E-state index is 12.1. The third-order valence-electron chi connectivity index (χ3n) is 3.19. The van der Waals surface area contributed by atoms with Gasteiger partial charge in [0.1, 0.15) is 6.33 Å². The van der Waals surface area contributed by atoms with E-state index in [1.54, 1.807) is 18.2 Å². The lowest BCUT2D eigenvalue weighted by Crippen LogP contribution is -2.40. The maximum Gasteiger partial charge on any atom is 0.235 e. The molecule has 1 aromatic carbocycles. The number of rotatable bonds is 9. The second-order valence-electron chi connectivity index (χ2n) is 5.27. The summed E-state index contributed by atoms with van der Waals surface area (Å²) >= 11 is 13.2. The van der Waals surface area contributed by atoms with E-state index >= 15 is 0 Å². The van der Waals surface area contributed by atoms with Crippen molar-refractivity contribution in [3.05, 3.63) is 40.1 Å². The minimum absolute atomic E-state index is 0.0238. The molecule has 1 heterocycles.